The predicted molar refractivity (Wildman–Crippen MR) is 90.7 cm³/mol. The van der Waals surface area contributed by atoms with Crippen LogP contribution in [0.1, 0.15) is 24.9 Å². The minimum absolute atomic E-state index is 0.0179. The van der Waals surface area contributed by atoms with E-state index in [0.29, 0.717) is 4.77 Å². The summed E-state index contributed by atoms with van der Waals surface area (Å²) in [4.78, 5) is 15.7. The van der Waals surface area contributed by atoms with Crippen LogP contribution in [0.15, 0.2) is 46.6 Å². The number of H-pyrrole nitrogens is 1. The quantitative estimate of drug-likeness (QED) is 0.728. The summed E-state index contributed by atoms with van der Waals surface area (Å²) in [6, 6.07) is 12.3. The van der Waals surface area contributed by atoms with E-state index in [1.165, 1.54) is 16.9 Å². The highest BCUT2D eigenvalue weighted by atomic mass is 32.1. The van der Waals surface area contributed by atoms with Crippen molar-refractivity contribution in [2.45, 2.75) is 25.8 Å². The maximum Gasteiger partial charge on any atom is 0.272 e. The van der Waals surface area contributed by atoms with Gasteiger partial charge in [-0.3, -0.25) is 9.36 Å². The number of aromatic amines is 1. The first-order chi connectivity index (χ1) is 10.2. The molecule has 0 saturated carbocycles. The van der Waals surface area contributed by atoms with E-state index in [1.54, 1.807) is 4.57 Å². The summed E-state index contributed by atoms with van der Waals surface area (Å²) in [5, 5.41) is 1.91. The molecule has 2 aromatic heterocycles. The van der Waals surface area contributed by atoms with E-state index in [9.17, 15) is 4.79 Å². The molecule has 0 fully saturated rings. The van der Waals surface area contributed by atoms with Gasteiger partial charge in [0, 0.05) is 6.04 Å². The Balaban J connectivity index is 1.89. The van der Waals surface area contributed by atoms with Crippen molar-refractivity contribution in [2.24, 2.45) is 0 Å². The maximum absolute atomic E-state index is 12.5. The van der Waals surface area contributed by atoms with Gasteiger partial charge in [-0.2, -0.15) is 0 Å². The van der Waals surface area contributed by atoms with Crippen LogP contribution in [0.4, 0.5) is 0 Å². The summed E-state index contributed by atoms with van der Waals surface area (Å²) in [7, 11) is 0. The van der Waals surface area contributed by atoms with Gasteiger partial charge in [0.1, 0.15) is 4.70 Å². The zero-order chi connectivity index (χ0) is 14.8. The molecule has 3 rings (SSSR count). The number of nitrogens with zero attached hydrogens (tertiary/aromatic N) is 1. The van der Waals surface area contributed by atoms with Gasteiger partial charge in [0.05, 0.1) is 5.52 Å². The highest BCUT2D eigenvalue weighted by molar-refractivity contribution is 7.71. The van der Waals surface area contributed by atoms with Gasteiger partial charge < -0.3 is 4.98 Å². The van der Waals surface area contributed by atoms with Gasteiger partial charge in [-0.1, -0.05) is 30.3 Å². The van der Waals surface area contributed by atoms with Crippen LogP contribution in [0.25, 0.3) is 10.2 Å². The zero-order valence-electron chi connectivity index (χ0n) is 11.7. The molecule has 0 aliphatic rings. The molecular formula is C16H16N2OS2. The van der Waals surface area contributed by atoms with Gasteiger partial charge in [0.2, 0.25) is 0 Å². The van der Waals surface area contributed by atoms with Crippen LogP contribution in [-0.4, -0.2) is 9.55 Å². The SMILES string of the molecule is CC(CCc1ccccc1)n1c(=S)[nH]c2ccsc2c1=O. The molecule has 0 aliphatic heterocycles. The lowest BCUT2D eigenvalue weighted by atomic mass is 10.1. The van der Waals surface area contributed by atoms with Gasteiger partial charge in [-0.15, -0.1) is 11.3 Å². The fraction of sp³-hybridized carbons (Fsp3) is 0.250. The number of thiophene rings is 1. The summed E-state index contributed by atoms with van der Waals surface area (Å²) in [6.07, 6.45) is 1.82. The minimum atomic E-state index is 0.0179. The Labute approximate surface area is 131 Å². The van der Waals surface area contributed by atoms with Crippen LogP contribution in [0.3, 0.4) is 0 Å². The number of aromatic nitrogens is 2. The van der Waals surface area contributed by atoms with Crippen molar-refractivity contribution in [3.63, 3.8) is 0 Å². The van der Waals surface area contributed by atoms with Gasteiger partial charge in [0.15, 0.2) is 4.77 Å². The minimum Gasteiger partial charge on any atom is -0.331 e. The zero-order valence-corrected chi connectivity index (χ0v) is 13.3. The van der Waals surface area contributed by atoms with Crippen LogP contribution in [0.5, 0.6) is 0 Å². The summed E-state index contributed by atoms with van der Waals surface area (Å²) < 4.78 is 2.96. The predicted octanol–water partition coefficient (Wildman–Crippen LogP) is 4.31. The Bertz CT molecular complexity index is 861. The van der Waals surface area contributed by atoms with Crippen LogP contribution in [-0.2, 0) is 6.42 Å². The second-order valence-electron chi connectivity index (χ2n) is 5.14. The van der Waals surface area contributed by atoms with E-state index in [-0.39, 0.29) is 11.6 Å². The molecule has 1 N–H and O–H groups in total. The Morgan fingerprint density at radius 3 is 2.81 bits per heavy atom. The van der Waals surface area contributed by atoms with Crippen LogP contribution < -0.4 is 5.56 Å². The van der Waals surface area contributed by atoms with E-state index in [0.717, 1.165) is 23.1 Å². The molecule has 1 aromatic carbocycles. The van der Waals surface area contributed by atoms with Crippen LogP contribution >= 0.6 is 23.6 Å². The third kappa shape index (κ3) is 2.84. The number of fused-ring (bicyclic) bond motifs is 1. The summed E-state index contributed by atoms with van der Waals surface area (Å²) in [5.74, 6) is 0. The topological polar surface area (TPSA) is 37.8 Å². The van der Waals surface area contributed by atoms with E-state index >= 15 is 0 Å². The van der Waals surface area contributed by atoms with Gasteiger partial charge in [-0.25, -0.2) is 0 Å². The molecule has 0 saturated heterocycles. The van der Waals surface area contributed by atoms with E-state index < -0.39 is 0 Å². The Kier molecular flexibility index (Phi) is 4.03. The lowest BCUT2D eigenvalue weighted by Crippen LogP contribution is -2.24. The number of rotatable bonds is 4. The molecule has 2 heterocycles. The first-order valence-corrected chi connectivity index (χ1v) is 8.21. The molecular weight excluding hydrogens is 300 g/mol. The van der Waals surface area contributed by atoms with Crippen molar-refractivity contribution in [3.8, 4) is 0 Å². The number of hydrogen-bond donors (Lipinski definition) is 1. The normalized spacial score (nSPS) is 12.6. The molecule has 0 aliphatic carbocycles. The second kappa shape index (κ2) is 5.95. The highest BCUT2D eigenvalue weighted by Gasteiger charge is 2.12. The average Bonchev–Trinajstić information content (AvgIpc) is 2.94. The van der Waals surface area contributed by atoms with Gasteiger partial charge in [-0.05, 0) is 49.0 Å². The fourth-order valence-corrected chi connectivity index (χ4v) is 3.66. The summed E-state index contributed by atoms with van der Waals surface area (Å²) in [5.41, 5.74) is 2.13. The lowest BCUT2D eigenvalue weighted by molar-refractivity contribution is 0.484. The van der Waals surface area contributed by atoms with Crippen molar-refractivity contribution in [2.75, 3.05) is 0 Å². The molecule has 5 heteroatoms. The van der Waals surface area contributed by atoms with Gasteiger partial charge >= 0.3 is 0 Å². The molecule has 0 radical (unpaired) electrons. The van der Waals surface area contributed by atoms with E-state index in [4.69, 9.17) is 12.2 Å². The Morgan fingerprint density at radius 1 is 1.29 bits per heavy atom. The van der Waals surface area contributed by atoms with Crippen molar-refractivity contribution < 1.29 is 0 Å². The molecule has 1 atom stereocenters. The lowest BCUT2D eigenvalue weighted by Gasteiger charge is -2.15. The first-order valence-electron chi connectivity index (χ1n) is 6.93. The van der Waals surface area contributed by atoms with Gasteiger partial charge in [0.25, 0.3) is 5.56 Å². The highest BCUT2D eigenvalue weighted by Crippen LogP contribution is 2.18. The first kappa shape index (κ1) is 14.2. The number of hydrogen-bond acceptors (Lipinski definition) is 3. The summed E-state index contributed by atoms with van der Waals surface area (Å²) >= 11 is 6.81. The molecule has 0 bridgehead atoms. The third-order valence-corrected chi connectivity index (χ3v) is 4.87. The standard InChI is InChI=1S/C16H16N2OS2/c1-11(7-8-12-5-3-2-4-6-12)18-15(19)14-13(9-10-21-14)17-16(18)20/h2-6,9-11H,7-8H2,1H3,(H,17,20). The smallest absolute Gasteiger partial charge is 0.272 e. The monoisotopic (exact) mass is 316 g/mol. The molecule has 3 nitrogen and oxygen atoms in total. The molecule has 108 valence electrons. The Hall–Kier alpha value is -1.72. The molecule has 1 unspecified atom stereocenters. The maximum atomic E-state index is 12.5. The molecule has 0 spiro atoms. The Morgan fingerprint density at radius 2 is 2.05 bits per heavy atom. The van der Waals surface area contributed by atoms with E-state index in [1.807, 2.05) is 36.6 Å². The fourth-order valence-electron chi connectivity index (χ4n) is 2.50. The van der Waals surface area contributed by atoms with Crippen molar-refractivity contribution >= 4 is 33.8 Å². The molecule has 0 amide bonds. The largest absolute Gasteiger partial charge is 0.331 e. The van der Waals surface area contributed by atoms with Crippen molar-refractivity contribution in [1.82, 2.24) is 9.55 Å². The van der Waals surface area contributed by atoms with E-state index in [2.05, 4.69) is 17.1 Å². The van der Waals surface area contributed by atoms with Crippen LogP contribution in [0, 0.1) is 4.77 Å². The van der Waals surface area contributed by atoms with Crippen molar-refractivity contribution in [3.05, 3.63) is 62.5 Å². The third-order valence-electron chi connectivity index (χ3n) is 3.67. The molecule has 3 aromatic rings. The van der Waals surface area contributed by atoms with Crippen molar-refractivity contribution in [1.29, 1.82) is 0 Å². The molecule has 21 heavy (non-hydrogen) atoms. The summed E-state index contributed by atoms with van der Waals surface area (Å²) in [6.45, 7) is 2.05. The number of aryl methyl sites for hydroxylation is 1. The van der Waals surface area contributed by atoms with Crippen LogP contribution in [0.2, 0.25) is 0 Å². The number of benzene rings is 1. The number of nitrogens with one attached hydrogen (secondary N) is 1. The second-order valence-corrected chi connectivity index (χ2v) is 6.44. The average molecular weight is 316 g/mol.